The average molecular weight is 537 g/mol. The number of carbonyl (C=O) groups is 2. The van der Waals surface area contributed by atoms with Crippen LogP contribution in [0.15, 0.2) is 81.1 Å². The predicted molar refractivity (Wildman–Crippen MR) is 138 cm³/mol. The molecular weight excluding hydrogens is 516 g/mol. The van der Waals surface area contributed by atoms with Crippen LogP contribution in [0.3, 0.4) is 0 Å². The normalized spacial score (nSPS) is 15.9. The van der Waals surface area contributed by atoms with Crippen molar-refractivity contribution in [2.75, 3.05) is 7.05 Å². The predicted octanol–water partition coefficient (Wildman–Crippen LogP) is 6.27. The molecule has 0 bridgehead atoms. The molecule has 0 spiro atoms. The lowest BCUT2D eigenvalue weighted by Crippen LogP contribution is -2.23. The zero-order valence-electron chi connectivity index (χ0n) is 18.5. The third kappa shape index (κ3) is 5.58. The van der Waals surface area contributed by atoms with Crippen molar-refractivity contribution in [3.05, 3.63) is 98.4 Å². The van der Waals surface area contributed by atoms with E-state index in [0.717, 1.165) is 21.3 Å². The largest absolute Gasteiger partial charge is 0.488 e. The Bertz CT molecular complexity index is 1320. The van der Waals surface area contributed by atoms with Crippen LogP contribution >= 0.6 is 27.7 Å². The quantitative estimate of drug-likeness (QED) is 0.375. The standard InChI is InChI=1S/C26H21BrN2O4S/c1-16-4-3-5-18(12-16)15-33-22-11-6-17(13-21(22)27)14-23-24(30)29(2)26(34-23)28-20-9-7-19(8-10-20)25(31)32/h3-14H,15H2,1-2H3,(H,31,32)/b23-14-,28-26?. The van der Waals surface area contributed by atoms with Gasteiger partial charge in [0.15, 0.2) is 5.17 Å². The van der Waals surface area contributed by atoms with E-state index in [1.165, 1.54) is 34.4 Å². The summed E-state index contributed by atoms with van der Waals surface area (Å²) in [5, 5.41) is 9.55. The summed E-state index contributed by atoms with van der Waals surface area (Å²) < 4.78 is 6.74. The first-order valence-corrected chi connectivity index (χ1v) is 12.0. The number of amidine groups is 1. The van der Waals surface area contributed by atoms with Crippen LogP contribution in [-0.4, -0.2) is 34.1 Å². The minimum absolute atomic E-state index is 0.151. The number of aromatic carboxylic acids is 1. The Morgan fingerprint density at radius 1 is 1.15 bits per heavy atom. The molecule has 3 aromatic rings. The molecule has 0 atom stereocenters. The van der Waals surface area contributed by atoms with Crippen LogP contribution in [0.5, 0.6) is 5.75 Å². The number of hydrogen-bond donors (Lipinski definition) is 1. The van der Waals surface area contributed by atoms with Gasteiger partial charge in [0, 0.05) is 7.05 Å². The van der Waals surface area contributed by atoms with Crippen molar-refractivity contribution in [2.24, 2.45) is 4.99 Å². The van der Waals surface area contributed by atoms with Crippen molar-refractivity contribution in [3.8, 4) is 5.75 Å². The molecular formula is C26H21BrN2O4S. The minimum Gasteiger partial charge on any atom is -0.488 e. The second kappa shape index (κ2) is 10.3. The first kappa shape index (κ1) is 23.8. The fraction of sp³-hybridized carbons (Fsp3) is 0.115. The first-order chi connectivity index (χ1) is 16.3. The zero-order valence-corrected chi connectivity index (χ0v) is 20.9. The summed E-state index contributed by atoms with van der Waals surface area (Å²) in [6.45, 7) is 2.51. The van der Waals surface area contributed by atoms with E-state index >= 15 is 0 Å². The number of aliphatic imine (C=N–C) groups is 1. The van der Waals surface area contributed by atoms with Crippen molar-refractivity contribution in [2.45, 2.75) is 13.5 Å². The van der Waals surface area contributed by atoms with E-state index in [-0.39, 0.29) is 11.5 Å². The van der Waals surface area contributed by atoms with Crippen LogP contribution in [0, 0.1) is 6.92 Å². The van der Waals surface area contributed by atoms with E-state index in [4.69, 9.17) is 9.84 Å². The fourth-order valence-electron chi connectivity index (χ4n) is 3.28. The molecule has 6 nitrogen and oxygen atoms in total. The van der Waals surface area contributed by atoms with Gasteiger partial charge in [-0.2, -0.15) is 0 Å². The van der Waals surface area contributed by atoms with Crippen LogP contribution in [0.4, 0.5) is 5.69 Å². The van der Waals surface area contributed by atoms with Gasteiger partial charge in [0.2, 0.25) is 0 Å². The Labute approximate surface area is 210 Å². The number of carbonyl (C=O) groups excluding carboxylic acids is 1. The van der Waals surface area contributed by atoms with Gasteiger partial charge in [0.25, 0.3) is 5.91 Å². The summed E-state index contributed by atoms with van der Waals surface area (Å²) in [6, 6.07) is 20.1. The molecule has 4 rings (SSSR count). The van der Waals surface area contributed by atoms with Crippen LogP contribution in [0.2, 0.25) is 0 Å². The van der Waals surface area contributed by atoms with Crippen molar-refractivity contribution in [3.63, 3.8) is 0 Å². The number of aryl methyl sites for hydroxylation is 1. The molecule has 0 aliphatic carbocycles. The number of ether oxygens (including phenoxy) is 1. The smallest absolute Gasteiger partial charge is 0.335 e. The maximum absolute atomic E-state index is 12.7. The lowest BCUT2D eigenvalue weighted by atomic mass is 10.1. The van der Waals surface area contributed by atoms with E-state index < -0.39 is 5.97 Å². The monoisotopic (exact) mass is 536 g/mol. The summed E-state index contributed by atoms with van der Waals surface area (Å²) in [6.07, 6.45) is 1.81. The summed E-state index contributed by atoms with van der Waals surface area (Å²) in [5.41, 5.74) is 3.90. The molecule has 1 heterocycles. The second-order valence-corrected chi connectivity index (χ2v) is 9.55. The molecule has 1 fully saturated rings. The molecule has 3 aromatic carbocycles. The summed E-state index contributed by atoms with van der Waals surface area (Å²) in [7, 11) is 1.67. The fourth-order valence-corrected chi connectivity index (χ4v) is 4.78. The average Bonchev–Trinajstić information content (AvgIpc) is 3.06. The number of carboxylic acids is 1. The van der Waals surface area contributed by atoms with E-state index in [0.29, 0.717) is 22.4 Å². The highest BCUT2D eigenvalue weighted by Crippen LogP contribution is 2.34. The Balaban J connectivity index is 1.48. The summed E-state index contributed by atoms with van der Waals surface area (Å²) in [5.74, 6) is -0.426. The van der Waals surface area contributed by atoms with Gasteiger partial charge in [0.1, 0.15) is 12.4 Å². The van der Waals surface area contributed by atoms with Crippen molar-refractivity contribution >= 4 is 56.5 Å². The Hall–Kier alpha value is -3.36. The molecule has 0 unspecified atom stereocenters. The highest BCUT2D eigenvalue weighted by Gasteiger charge is 2.30. The molecule has 8 heteroatoms. The van der Waals surface area contributed by atoms with Gasteiger partial charge < -0.3 is 9.84 Å². The van der Waals surface area contributed by atoms with Gasteiger partial charge in [-0.05, 0) is 88.2 Å². The number of likely N-dealkylation sites (N-methyl/N-ethyl adjacent to an activating group) is 1. The SMILES string of the molecule is Cc1cccc(COc2ccc(/C=C3\SC(=Nc4ccc(C(=O)O)cc4)N(C)C3=O)cc2Br)c1. The lowest BCUT2D eigenvalue weighted by molar-refractivity contribution is -0.121. The maximum Gasteiger partial charge on any atom is 0.335 e. The second-order valence-electron chi connectivity index (χ2n) is 7.69. The third-order valence-corrected chi connectivity index (χ3v) is 6.75. The highest BCUT2D eigenvalue weighted by atomic mass is 79.9. The number of thioether (sulfide) groups is 1. The number of halogens is 1. The third-order valence-electron chi connectivity index (χ3n) is 5.07. The van der Waals surface area contributed by atoms with Crippen molar-refractivity contribution < 1.29 is 19.4 Å². The molecule has 1 amide bonds. The summed E-state index contributed by atoms with van der Waals surface area (Å²) in [4.78, 5) is 30.3. The molecule has 1 N–H and O–H groups in total. The number of amides is 1. The molecule has 1 aliphatic rings. The Morgan fingerprint density at radius 3 is 2.59 bits per heavy atom. The van der Waals surface area contributed by atoms with Gasteiger partial charge in [-0.25, -0.2) is 9.79 Å². The number of nitrogens with zero attached hydrogens (tertiary/aromatic N) is 2. The lowest BCUT2D eigenvalue weighted by Gasteiger charge is -2.09. The van der Waals surface area contributed by atoms with Crippen LogP contribution < -0.4 is 4.74 Å². The zero-order chi connectivity index (χ0) is 24.2. The van der Waals surface area contributed by atoms with Crippen LogP contribution in [0.25, 0.3) is 6.08 Å². The van der Waals surface area contributed by atoms with Crippen LogP contribution in [0.1, 0.15) is 27.0 Å². The van der Waals surface area contributed by atoms with Gasteiger partial charge in [-0.1, -0.05) is 35.9 Å². The minimum atomic E-state index is -0.996. The first-order valence-electron chi connectivity index (χ1n) is 10.4. The molecule has 1 aliphatic heterocycles. The van der Waals surface area contributed by atoms with Gasteiger partial charge in [0.05, 0.1) is 20.6 Å². The maximum atomic E-state index is 12.7. The molecule has 34 heavy (non-hydrogen) atoms. The molecule has 0 radical (unpaired) electrons. The van der Waals surface area contributed by atoms with Crippen LogP contribution in [-0.2, 0) is 11.4 Å². The van der Waals surface area contributed by atoms with Crippen molar-refractivity contribution in [1.82, 2.24) is 4.90 Å². The number of hydrogen-bond acceptors (Lipinski definition) is 5. The molecule has 172 valence electrons. The van der Waals surface area contributed by atoms with E-state index in [1.807, 2.05) is 49.4 Å². The topological polar surface area (TPSA) is 79.2 Å². The van der Waals surface area contributed by atoms with Crippen molar-refractivity contribution in [1.29, 1.82) is 0 Å². The van der Waals surface area contributed by atoms with Gasteiger partial charge in [-0.3, -0.25) is 9.69 Å². The van der Waals surface area contributed by atoms with E-state index in [9.17, 15) is 9.59 Å². The van der Waals surface area contributed by atoms with E-state index in [1.54, 1.807) is 19.2 Å². The highest BCUT2D eigenvalue weighted by molar-refractivity contribution is 9.10. The molecule has 1 saturated heterocycles. The molecule has 0 aromatic heterocycles. The number of rotatable bonds is 6. The van der Waals surface area contributed by atoms with Gasteiger partial charge >= 0.3 is 5.97 Å². The van der Waals surface area contributed by atoms with Gasteiger partial charge in [-0.15, -0.1) is 0 Å². The number of carboxylic acid groups (broad SMARTS) is 1. The summed E-state index contributed by atoms with van der Waals surface area (Å²) >= 11 is 4.83. The number of benzene rings is 3. The van der Waals surface area contributed by atoms with E-state index in [2.05, 4.69) is 27.0 Å². The molecule has 0 saturated carbocycles. The Kier molecular flexibility index (Phi) is 7.19. The Morgan fingerprint density at radius 2 is 1.91 bits per heavy atom.